The molecule has 3 aromatic carbocycles. The van der Waals surface area contributed by atoms with E-state index in [4.69, 9.17) is 11.6 Å². The van der Waals surface area contributed by atoms with Crippen LogP contribution in [0, 0.1) is 0 Å². The molecule has 0 bridgehead atoms. The summed E-state index contributed by atoms with van der Waals surface area (Å²) in [5, 5.41) is 6.35. The molecular formula is C36H46ClF3N6O2. The standard InChI is InChI=1S/C36H46ClF3N6O2/c1-6-17-46(18-7-2)29-14-16-33(30(23-29)35(48)43-41-24-26-13-15-32(37)31(22-26)36(38,39)40)42-34(47)28-12-10-11-27(21-28)25-44(5)19-20-45(8-3)9-4/h10-16,21-24H,6-9,17-20,25H2,1-5H3,(H,42,47)(H,43,48)/b41-24-. The largest absolute Gasteiger partial charge is 0.417 e. The lowest BCUT2D eigenvalue weighted by atomic mass is 10.1. The van der Waals surface area contributed by atoms with E-state index >= 15 is 0 Å². The molecular weight excluding hydrogens is 641 g/mol. The number of carbonyl (C=O) groups excluding carboxylic acids is 2. The first-order valence-electron chi connectivity index (χ1n) is 16.3. The third kappa shape index (κ3) is 11.4. The lowest BCUT2D eigenvalue weighted by Gasteiger charge is -2.25. The van der Waals surface area contributed by atoms with E-state index in [1.165, 1.54) is 6.07 Å². The second-order valence-electron chi connectivity index (χ2n) is 11.6. The first-order valence-corrected chi connectivity index (χ1v) is 16.7. The van der Waals surface area contributed by atoms with Gasteiger partial charge in [0.15, 0.2) is 0 Å². The van der Waals surface area contributed by atoms with Crippen LogP contribution in [0.3, 0.4) is 0 Å². The summed E-state index contributed by atoms with van der Waals surface area (Å²) in [5.74, 6) is -1.02. The van der Waals surface area contributed by atoms with Crippen molar-refractivity contribution in [2.24, 2.45) is 5.10 Å². The average molecular weight is 687 g/mol. The van der Waals surface area contributed by atoms with E-state index in [1.807, 2.05) is 31.3 Å². The number of carbonyl (C=O) groups is 2. The number of nitrogens with one attached hydrogen (secondary N) is 2. The Hall–Kier alpha value is -3.93. The Labute approximate surface area is 286 Å². The maximum Gasteiger partial charge on any atom is 0.417 e. The van der Waals surface area contributed by atoms with Gasteiger partial charge in [-0.3, -0.25) is 9.59 Å². The van der Waals surface area contributed by atoms with Crippen molar-refractivity contribution in [3.8, 4) is 0 Å². The number of hydrogen-bond donors (Lipinski definition) is 2. The van der Waals surface area contributed by atoms with Gasteiger partial charge in [0.1, 0.15) is 0 Å². The second kappa shape index (κ2) is 18.6. The van der Waals surface area contributed by atoms with Crippen molar-refractivity contribution >= 4 is 41.0 Å². The van der Waals surface area contributed by atoms with E-state index in [2.05, 4.69) is 58.2 Å². The van der Waals surface area contributed by atoms with Crippen molar-refractivity contribution in [2.45, 2.75) is 53.3 Å². The van der Waals surface area contributed by atoms with E-state index < -0.39 is 22.7 Å². The van der Waals surface area contributed by atoms with Crippen LogP contribution in [0.25, 0.3) is 0 Å². The zero-order valence-corrected chi connectivity index (χ0v) is 29.1. The highest BCUT2D eigenvalue weighted by Crippen LogP contribution is 2.35. The number of hydrazone groups is 1. The summed E-state index contributed by atoms with van der Waals surface area (Å²) in [6, 6.07) is 16.0. The predicted octanol–water partition coefficient (Wildman–Crippen LogP) is 7.78. The monoisotopic (exact) mass is 686 g/mol. The van der Waals surface area contributed by atoms with E-state index in [-0.39, 0.29) is 22.7 Å². The maximum atomic E-state index is 13.5. The van der Waals surface area contributed by atoms with Crippen LogP contribution in [0.2, 0.25) is 5.02 Å². The van der Waals surface area contributed by atoms with Crippen LogP contribution in [0.1, 0.15) is 77.9 Å². The molecule has 0 aliphatic rings. The van der Waals surface area contributed by atoms with Gasteiger partial charge < -0.3 is 20.0 Å². The summed E-state index contributed by atoms with van der Waals surface area (Å²) in [4.78, 5) is 33.7. The first kappa shape index (κ1) is 38.5. The Morgan fingerprint density at radius 1 is 0.875 bits per heavy atom. The van der Waals surface area contributed by atoms with Crippen molar-refractivity contribution in [3.63, 3.8) is 0 Å². The molecule has 0 spiro atoms. The van der Waals surface area contributed by atoms with Crippen LogP contribution in [-0.2, 0) is 12.7 Å². The highest BCUT2D eigenvalue weighted by molar-refractivity contribution is 6.31. The molecule has 0 unspecified atom stereocenters. The average Bonchev–Trinajstić information content (AvgIpc) is 3.05. The van der Waals surface area contributed by atoms with E-state index in [1.54, 1.807) is 18.2 Å². The fraction of sp³-hybridized carbons (Fsp3) is 0.417. The molecule has 8 nitrogen and oxygen atoms in total. The molecule has 2 amide bonds. The Morgan fingerprint density at radius 2 is 1.58 bits per heavy atom. The second-order valence-corrected chi connectivity index (χ2v) is 12.0. The SMILES string of the molecule is CCCN(CCC)c1ccc(NC(=O)c2cccc(CN(C)CCN(CC)CC)c2)c(C(=O)N/N=C\c2ccc(Cl)c(C(F)(F)F)c2)c1. The summed E-state index contributed by atoms with van der Waals surface area (Å²) >= 11 is 5.72. The molecule has 0 fully saturated rings. The van der Waals surface area contributed by atoms with Gasteiger partial charge in [0.2, 0.25) is 0 Å². The van der Waals surface area contributed by atoms with Gasteiger partial charge in [-0.25, -0.2) is 5.43 Å². The maximum absolute atomic E-state index is 13.5. The van der Waals surface area contributed by atoms with Gasteiger partial charge >= 0.3 is 6.18 Å². The fourth-order valence-corrected chi connectivity index (χ4v) is 5.47. The fourth-order valence-electron chi connectivity index (χ4n) is 5.25. The molecule has 12 heteroatoms. The molecule has 0 radical (unpaired) electrons. The molecule has 0 saturated carbocycles. The molecule has 0 aliphatic carbocycles. The van der Waals surface area contributed by atoms with Crippen LogP contribution < -0.4 is 15.6 Å². The quantitative estimate of drug-likeness (QED) is 0.112. The summed E-state index contributed by atoms with van der Waals surface area (Å²) < 4.78 is 39.9. The van der Waals surface area contributed by atoms with E-state index in [0.29, 0.717) is 12.1 Å². The number of likely N-dealkylation sites (N-methyl/N-ethyl adjacent to an activating group) is 2. The Balaban J connectivity index is 1.84. The molecule has 2 N–H and O–H groups in total. The van der Waals surface area contributed by atoms with Crippen LogP contribution in [0.5, 0.6) is 0 Å². The minimum absolute atomic E-state index is 0.102. The van der Waals surface area contributed by atoms with Gasteiger partial charge in [0.25, 0.3) is 11.8 Å². The van der Waals surface area contributed by atoms with E-state index in [9.17, 15) is 22.8 Å². The summed E-state index contributed by atoms with van der Waals surface area (Å²) in [6.45, 7) is 14.5. The molecule has 0 aromatic heterocycles. The van der Waals surface area contributed by atoms with Crippen molar-refractivity contribution in [3.05, 3.63) is 93.5 Å². The molecule has 0 saturated heterocycles. The van der Waals surface area contributed by atoms with Crippen molar-refractivity contribution < 1.29 is 22.8 Å². The zero-order valence-electron chi connectivity index (χ0n) is 28.3. The number of anilines is 2. The van der Waals surface area contributed by atoms with Crippen molar-refractivity contribution in [1.29, 1.82) is 0 Å². The molecule has 0 atom stereocenters. The highest BCUT2D eigenvalue weighted by Gasteiger charge is 2.33. The Morgan fingerprint density at radius 3 is 2.23 bits per heavy atom. The minimum atomic E-state index is -4.64. The van der Waals surface area contributed by atoms with Crippen LogP contribution in [-0.4, -0.2) is 74.1 Å². The van der Waals surface area contributed by atoms with Crippen LogP contribution in [0.15, 0.2) is 65.8 Å². The highest BCUT2D eigenvalue weighted by atomic mass is 35.5. The number of nitrogens with zero attached hydrogens (tertiary/aromatic N) is 4. The van der Waals surface area contributed by atoms with Gasteiger partial charge in [-0.05, 0) is 86.6 Å². The molecule has 3 rings (SSSR count). The number of rotatable bonds is 17. The third-order valence-corrected chi connectivity index (χ3v) is 8.19. The van der Waals surface area contributed by atoms with Crippen molar-refractivity contribution in [2.75, 3.05) is 56.5 Å². The molecule has 0 heterocycles. The minimum Gasteiger partial charge on any atom is -0.372 e. The number of halogens is 4. The number of benzene rings is 3. The lowest BCUT2D eigenvalue weighted by Crippen LogP contribution is -2.32. The Bertz CT molecular complexity index is 1540. The normalized spacial score (nSPS) is 11.8. The number of hydrogen-bond acceptors (Lipinski definition) is 6. The number of alkyl halides is 3. The smallest absolute Gasteiger partial charge is 0.372 e. The summed E-state index contributed by atoms with van der Waals surface area (Å²) in [6.07, 6.45) is -1.74. The van der Waals surface area contributed by atoms with Crippen LogP contribution in [0.4, 0.5) is 24.5 Å². The lowest BCUT2D eigenvalue weighted by molar-refractivity contribution is -0.137. The van der Waals surface area contributed by atoms with Crippen molar-refractivity contribution in [1.82, 2.24) is 15.2 Å². The summed E-state index contributed by atoms with van der Waals surface area (Å²) in [5.41, 5.74) is 4.17. The van der Waals surface area contributed by atoms with Gasteiger partial charge in [-0.15, -0.1) is 0 Å². The molecule has 260 valence electrons. The third-order valence-electron chi connectivity index (χ3n) is 7.86. The Kier molecular flexibility index (Phi) is 14.9. The van der Waals surface area contributed by atoms with Gasteiger partial charge in [-0.2, -0.15) is 18.3 Å². The molecule has 3 aromatic rings. The topological polar surface area (TPSA) is 80.3 Å². The predicted molar refractivity (Wildman–Crippen MR) is 189 cm³/mol. The summed E-state index contributed by atoms with van der Waals surface area (Å²) in [7, 11) is 2.05. The molecule has 48 heavy (non-hydrogen) atoms. The first-order chi connectivity index (χ1) is 22.9. The van der Waals surface area contributed by atoms with E-state index in [0.717, 1.165) is 81.7 Å². The van der Waals surface area contributed by atoms with Gasteiger partial charge in [-0.1, -0.05) is 57.5 Å². The van der Waals surface area contributed by atoms with Crippen LogP contribution >= 0.6 is 11.6 Å². The van der Waals surface area contributed by atoms with Gasteiger partial charge in [0.05, 0.1) is 28.1 Å². The molecule has 0 aliphatic heterocycles. The van der Waals surface area contributed by atoms with Gasteiger partial charge in [0, 0.05) is 44.0 Å². The zero-order chi connectivity index (χ0) is 35.3. The number of amides is 2.